The second kappa shape index (κ2) is 7.94. The molecule has 30 heavy (non-hydrogen) atoms. The highest BCUT2D eigenvalue weighted by molar-refractivity contribution is 5.97. The number of ether oxygens (including phenoxy) is 1. The van der Waals surface area contributed by atoms with Crippen molar-refractivity contribution in [3.05, 3.63) is 59.9 Å². The highest BCUT2D eigenvalue weighted by Crippen LogP contribution is 2.36. The molecular formula is C24H27N3O3. The third-order valence-electron chi connectivity index (χ3n) is 5.39. The lowest BCUT2D eigenvalue weighted by Gasteiger charge is -2.19. The summed E-state index contributed by atoms with van der Waals surface area (Å²) in [6.07, 6.45) is 0.350. The first-order chi connectivity index (χ1) is 14.4. The molecule has 1 saturated heterocycles. The fourth-order valence-electron chi connectivity index (χ4n) is 3.70. The highest BCUT2D eigenvalue weighted by Gasteiger charge is 2.35. The maximum atomic E-state index is 12.7. The number of hydrogen-bond donors (Lipinski definition) is 0. The maximum Gasteiger partial charge on any atom is 0.257 e. The molecule has 3 aromatic rings. The van der Waals surface area contributed by atoms with Crippen LogP contribution in [0.5, 0.6) is 5.75 Å². The Kier molecular flexibility index (Phi) is 5.33. The summed E-state index contributed by atoms with van der Waals surface area (Å²) < 4.78 is 11.2. The summed E-state index contributed by atoms with van der Waals surface area (Å²) in [6.45, 7) is 9.52. The molecule has 0 spiro atoms. The van der Waals surface area contributed by atoms with Gasteiger partial charge in [0.1, 0.15) is 5.75 Å². The SMILES string of the molecule is CCOc1ccccc1N1CC(c2noc(-c3ccc(C(C)(C)C)cc3)n2)CC1=O. The Morgan fingerprint density at radius 1 is 1.13 bits per heavy atom. The summed E-state index contributed by atoms with van der Waals surface area (Å²) in [7, 11) is 0. The molecule has 156 valence electrons. The van der Waals surface area contributed by atoms with Crippen molar-refractivity contribution < 1.29 is 14.1 Å². The van der Waals surface area contributed by atoms with Crippen LogP contribution in [0.15, 0.2) is 53.1 Å². The van der Waals surface area contributed by atoms with E-state index in [1.807, 2.05) is 43.3 Å². The second-order valence-electron chi connectivity index (χ2n) is 8.59. The third kappa shape index (κ3) is 3.95. The first-order valence-corrected chi connectivity index (χ1v) is 10.3. The fraction of sp³-hybridized carbons (Fsp3) is 0.375. The zero-order valence-corrected chi connectivity index (χ0v) is 17.9. The smallest absolute Gasteiger partial charge is 0.257 e. The van der Waals surface area contributed by atoms with Crippen LogP contribution in [-0.4, -0.2) is 29.2 Å². The topological polar surface area (TPSA) is 68.5 Å². The highest BCUT2D eigenvalue weighted by atomic mass is 16.5. The Morgan fingerprint density at radius 3 is 2.57 bits per heavy atom. The van der Waals surface area contributed by atoms with Crippen LogP contribution >= 0.6 is 0 Å². The molecule has 1 fully saturated rings. The van der Waals surface area contributed by atoms with E-state index in [9.17, 15) is 4.79 Å². The predicted molar refractivity (Wildman–Crippen MR) is 116 cm³/mol. The molecule has 1 aliphatic heterocycles. The minimum absolute atomic E-state index is 0.0352. The van der Waals surface area contributed by atoms with Gasteiger partial charge in [0.15, 0.2) is 5.82 Å². The summed E-state index contributed by atoms with van der Waals surface area (Å²) in [5.74, 6) is 1.68. The van der Waals surface area contributed by atoms with E-state index < -0.39 is 0 Å². The average molecular weight is 405 g/mol. The quantitative estimate of drug-likeness (QED) is 0.600. The summed E-state index contributed by atoms with van der Waals surface area (Å²) in [6, 6.07) is 15.8. The van der Waals surface area contributed by atoms with Crippen LogP contribution in [0.4, 0.5) is 5.69 Å². The number of carbonyl (C=O) groups is 1. The van der Waals surface area contributed by atoms with E-state index in [1.54, 1.807) is 4.90 Å². The number of para-hydroxylation sites is 2. The van der Waals surface area contributed by atoms with Gasteiger partial charge in [0.2, 0.25) is 5.91 Å². The van der Waals surface area contributed by atoms with Gasteiger partial charge >= 0.3 is 0 Å². The molecule has 1 amide bonds. The van der Waals surface area contributed by atoms with Gasteiger partial charge in [-0.05, 0) is 42.2 Å². The number of hydrogen-bond acceptors (Lipinski definition) is 5. The molecular weight excluding hydrogens is 378 g/mol. The van der Waals surface area contributed by atoms with Crippen LogP contribution in [-0.2, 0) is 10.2 Å². The van der Waals surface area contributed by atoms with Crippen LogP contribution in [0.2, 0.25) is 0 Å². The third-order valence-corrected chi connectivity index (χ3v) is 5.39. The van der Waals surface area contributed by atoms with Crippen molar-refractivity contribution in [2.75, 3.05) is 18.1 Å². The summed E-state index contributed by atoms with van der Waals surface area (Å²) >= 11 is 0. The van der Waals surface area contributed by atoms with Crippen LogP contribution in [0.25, 0.3) is 11.5 Å². The number of benzene rings is 2. The van der Waals surface area contributed by atoms with Gasteiger partial charge in [-0.3, -0.25) is 4.79 Å². The lowest BCUT2D eigenvalue weighted by molar-refractivity contribution is -0.117. The molecule has 6 heteroatoms. The Bertz CT molecular complexity index is 1030. The molecule has 1 aliphatic rings. The molecule has 0 radical (unpaired) electrons. The molecule has 2 heterocycles. The molecule has 2 aromatic carbocycles. The molecule has 0 saturated carbocycles. The lowest BCUT2D eigenvalue weighted by atomic mass is 9.87. The van der Waals surface area contributed by atoms with Gasteiger partial charge in [-0.25, -0.2) is 0 Å². The molecule has 6 nitrogen and oxygen atoms in total. The van der Waals surface area contributed by atoms with Gasteiger partial charge < -0.3 is 14.2 Å². The van der Waals surface area contributed by atoms with Crippen molar-refractivity contribution in [1.29, 1.82) is 0 Å². The number of nitrogens with zero attached hydrogens (tertiary/aromatic N) is 3. The van der Waals surface area contributed by atoms with E-state index in [2.05, 4.69) is 43.0 Å². The van der Waals surface area contributed by atoms with E-state index in [4.69, 9.17) is 9.26 Å². The number of amides is 1. The molecule has 1 aromatic heterocycles. The molecule has 0 aliphatic carbocycles. The molecule has 0 bridgehead atoms. The largest absolute Gasteiger partial charge is 0.492 e. The van der Waals surface area contributed by atoms with Crippen LogP contribution in [0.1, 0.15) is 51.4 Å². The number of anilines is 1. The number of carbonyl (C=O) groups excluding carboxylic acids is 1. The van der Waals surface area contributed by atoms with Crippen molar-refractivity contribution >= 4 is 11.6 Å². The van der Waals surface area contributed by atoms with E-state index >= 15 is 0 Å². The van der Waals surface area contributed by atoms with Gasteiger partial charge in [-0.2, -0.15) is 4.98 Å². The Balaban J connectivity index is 1.53. The fourth-order valence-corrected chi connectivity index (χ4v) is 3.70. The molecule has 1 unspecified atom stereocenters. The Morgan fingerprint density at radius 2 is 1.87 bits per heavy atom. The summed E-state index contributed by atoms with van der Waals surface area (Å²) in [5.41, 5.74) is 3.00. The average Bonchev–Trinajstić information content (AvgIpc) is 3.35. The van der Waals surface area contributed by atoms with Crippen molar-refractivity contribution in [3.8, 4) is 17.2 Å². The Hall–Kier alpha value is -3.15. The molecule has 4 rings (SSSR count). The maximum absolute atomic E-state index is 12.7. The van der Waals surface area contributed by atoms with Gasteiger partial charge in [0.05, 0.1) is 12.3 Å². The normalized spacial score (nSPS) is 16.9. The first-order valence-electron chi connectivity index (χ1n) is 10.3. The van der Waals surface area contributed by atoms with Crippen molar-refractivity contribution in [2.24, 2.45) is 0 Å². The van der Waals surface area contributed by atoms with Crippen molar-refractivity contribution in [1.82, 2.24) is 10.1 Å². The van der Waals surface area contributed by atoms with Gasteiger partial charge in [-0.15, -0.1) is 0 Å². The van der Waals surface area contributed by atoms with E-state index in [0.29, 0.717) is 37.0 Å². The second-order valence-corrected chi connectivity index (χ2v) is 8.59. The van der Waals surface area contributed by atoms with Gasteiger partial charge in [-0.1, -0.05) is 50.2 Å². The Labute approximate surface area is 176 Å². The number of rotatable bonds is 5. The lowest BCUT2D eigenvalue weighted by Crippen LogP contribution is -2.25. The molecule has 0 N–H and O–H groups in total. The summed E-state index contributed by atoms with van der Waals surface area (Å²) in [4.78, 5) is 19.0. The van der Waals surface area contributed by atoms with E-state index in [0.717, 1.165) is 11.3 Å². The van der Waals surface area contributed by atoms with Crippen LogP contribution < -0.4 is 9.64 Å². The minimum Gasteiger partial charge on any atom is -0.492 e. The van der Waals surface area contributed by atoms with Crippen molar-refractivity contribution in [2.45, 2.75) is 45.4 Å². The van der Waals surface area contributed by atoms with Crippen LogP contribution in [0.3, 0.4) is 0 Å². The van der Waals surface area contributed by atoms with Crippen LogP contribution in [0, 0.1) is 0 Å². The zero-order chi connectivity index (χ0) is 21.3. The zero-order valence-electron chi connectivity index (χ0n) is 17.9. The number of aromatic nitrogens is 2. The first kappa shape index (κ1) is 20.1. The monoisotopic (exact) mass is 405 g/mol. The standard InChI is InChI=1S/C24H27N3O3/c1-5-29-20-9-7-6-8-19(20)27-15-17(14-21(27)28)22-25-23(30-26-22)16-10-12-18(13-11-16)24(2,3)4/h6-13,17H,5,14-15H2,1-4H3. The van der Waals surface area contributed by atoms with E-state index in [1.165, 1.54) is 5.56 Å². The summed E-state index contributed by atoms with van der Waals surface area (Å²) in [5, 5.41) is 4.17. The van der Waals surface area contributed by atoms with E-state index in [-0.39, 0.29) is 17.2 Å². The molecule has 1 atom stereocenters. The van der Waals surface area contributed by atoms with Gasteiger partial charge in [0, 0.05) is 24.4 Å². The predicted octanol–water partition coefficient (Wildman–Crippen LogP) is 4.95. The van der Waals surface area contributed by atoms with Crippen molar-refractivity contribution in [3.63, 3.8) is 0 Å². The minimum atomic E-state index is -0.112. The van der Waals surface area contributed by atoms with Gasteiger partial charge in [0.25, 0.3) is 5.89 Å².